The summed E-state index contributed by atoms with van der Waals surface area (Å²) >= 11 is 0. The third-order valence-electron chi connectivity index (χ3n) is 4.57. The average Bonchev–Trinajstić information content (AvgIpc) is 2.60. The summed E-state index contributed by atoms with van der Waals surface area (Å²) in [5.41, 5.74) is 0. The van der Waals surface area contributed by atoms with Crippen LogP contribution in [0.25, 0.3) is 0 Å². The van der Waals surface area contributed by atoms with E-state index in [0.717, 1.165) is 25.7 Å². The van der Waals surface area contributed by atoms with Crippen molar-refractivity contribution in [2.75, 3.05) is 13.1 Å². The Morgan fingerprint density at radius 3 is 1.43 bits per heavy atom. The van der Waals surface area contributed by atoms with Gasteiger partial charge in [0.25, 0.3) is 10.2 Å². The minimum atomic E-state index is -3.41. The van der Waals surface area contributed by atoms with Gasteiger partial charge in [0.1, 0.15) is 0 Å². The maximum Gasteiger partial charge on any atom is 0.283 e. The number of rotatable bonds is 8. The van der Waals surface area contributed by atoms with Gasteiger partial charge in [0.2, 0.25) is 0 Å². The molecule has 23 heavy (non-hydrogen) atoms. The highest BCUT2D eigenvalue weighted by molar-refractivity contribution is 7.86. The molecule has 0 fully saturated rings. The van der Waals surface area contributed by atoms with Crippen molar-refractivity contribution in [3.05, 3.63) is 12.2 Å². The van der Waals surface area contributed by atoms with Crippen LogP contribution in [0.4, 0.5) is 0 Å². The van der Waals surface area contributed by atoms with Crippen LogP contribution in [0, 0.1) is 11.8 Å². The fraction of sp³-hybridized carbons (Fsp3) is 0.889. The molecule has 5 heteroatoms. The molecule has 1 aliphatic rings. The lowest BCUT2D eigenvalue weighted by atomic mass is 10.0. The molecule has 0 spiro atoms. The second kappa shape index (κ2) is 9.19. The molecule has 0 aromatic heterocycles. The predicted octanol–water partition coefficient (Wildman–Crippen LogP) is 4.05. The molecule has 0 aliphatic carbocycles. The zero-order chi connectivity index (χ0) is 17.6. The fourth-order valence-electron chi connectivity index (χ4n) is 3.42. The number of hydrogen-bond donors (Lipinski definition) is 0. The van der Waals surface area contributed by atoms with Crippen molar-refractivity contribution in [3.8, 4) is 0 Å². The molecule has 0 aromatic rings. The molecule has 0 N–H and O–H groups in total. The quantitative estimate of drug-likeness (QED) is 0.623. The maximum atomic E-state index is 13.3. The summed E-state index contributed by atoms with van der Waals surface area (Å²) < 4.78 is 30.1. The first kappa shape index (κ1) is 20.7. The van der Waals surface area contributed by atoms with Crippen LogP contribution in [-0.4, -0.2) is 42.2 Å². The molecule has 0 bridgehead atoms. The lowest BCUT2D eigenvalue weighted by molar-refractivity contribution is 0.239. The van der Waals surface area contributed by atoms with Gasteiger partial charge < -0.3 is 0 Å². The van der Waals surface area contributed by atoms with Crippen LogP contribution < -0.4 is 0 Å². The van der Waals surface area contributed by atoms with E-state index in [9.17, 15) is 8.42 Å². The molecule has 0 saturated carbocycles. The normalized spacial score (nSPS) is 22.4. The first-order chi connectivity index (χ1) is 10.7. The fourth-order valence-corrected chi connectivity index (χ4v) is 5.46. The predicted molar refractivity (Wildman–Crippen MR) is 98.5 cm³/mol. The van der Waals surface area contributed by atoms with Gasteiger partial charge in [-0.2, -0.15) is 17.0 Å². The molecule has 136 valence electrons. The Morgan fingerprint density at radius 2 is 1.17 bits per heavy atom. The summed E-state index contributed by atoms with van der Waals surface area (Å²) in [5, 5.41) is 0. The van der Waals surface area contributed by atoms with Crippen molar-refractivity contribution >= 4 is 10.2 Å². The zero-order valence-corrected chi connectivity index (χ0v) is 16.6. The van der Waals surface area contributed by atoms with E-state index in [-0.39, 0.29) is 12.1 Å². The van der Waals surface area contributed by atoms with Crippen LogP contribution in [0.5, 0.6) is 0 Å². The largest absolute Gasteiger partial charge is 0.283 e. The number of hydrogen-bond acceptors (Lipinski definition) is 2. The van der Waals surface area contributed by atoms with Gasteiger partial charge in [-0.1, -0.05) is 53.7 Å². The molecule has 2 unspecified atom stereocenters. The van der Waals surface area contributed by atoms with Gasteiger partial charge in [0.15, 0.2) is 0 Å². The van der Waals surface area contributed by atoms with Crippen LogP contribution in [0.15, 0.2) is 12.2 Å². The molecule has 1 aliphatic heterocycles. The van der Waals surface area contributed by atoms with Crippen molar-refractivity contribution in [3.63, 3.8) is 0 Å². The Balaban J connectivity index is 3.11. The lowest BCUT2D eigenvalue weighted by Crippen LogP contribution is -2.51. The molecule has 0 amide bonds. The van der Waals surface area contributed by atoms with Crippen LogP contribution in [0.1, 0.15) is 67.2 Å². The van der Waals surface area contributed by atoms with Crippen LogP contribution in [0.2, 0.25) is 0 Å². The number of nitrogens with zero attached hydrogens (tertiary/aromatic N) is 2. The van der Waals surface area contributed by atoms with E-state index in [1.165, 1.54) is 0 Å². The van der Waals surface area contributed by atoms with Gasteiger partial charge in [-0.05, 0) is 37.5 Å². The van der Waals surface area contributed by atoms with E-state index in [4.69, 9.17) is 0 Å². The Hall–Kier alpha value is -0.390. The summed E-state index contributed by atoms with van der Waals surface area (Å²) in [6.07, 6.45) is 7.59. The van der Waals surface area contributed by atoms with Gasteiger partial charge in [-0.25, -0.2) is 0 Å². The van der Waals surface area contributed by atoms with E-state index in [2.05, 4.69) is 41.5 Å². The third kappa shape index (κ3) is 5.57. The van der Waals surface area contributed by atoms with Crippen LogP contribution in [0.3, 0.4) is 0 Å². The summed E-state index contributed by atoms with van der Waals surface area (Å²) in [5.74, 6) is 0.988. The van der Waals surface area contributed by atoms with Gasteiger partial charge in [-0.3, -0.25) is 0 Å². The van der Waals surface area contributed by atoms with Gasteiger partial charge in [0, 0.05) is 25.2 Å². The summed E-state index contributed by atoms with van der Waals surface area (Å²) in [7, 11) is -3.41. The molecule has 2 atom stereocenters. The van der Waals surface area contributed by atoms with Gasteiger partial charge >= 0.3 is 0 Å². The first-order valence-electron chi connectivity index (χ1n) is 9.17. The Kier molecular flexibility index (Phi) is 8.25. The van der Waals surface area contributed by atoms with Gasteiger partial charge in [-0.15, -0.1) is 0 Å². The van der Waals surface area contributed by atoms with Crippen molar-refractivity contribution in [2.24, 2.45) is 11.8 Å². The molecule has 1 rings (SSSR count). The van der Waals surface area contributed by atoms with Crippen LogP contribution >= 0.6 is 0 Å². The summed E-state index contributed by atoms with van der Waals surface area (Å²) in [6.45, 7) is 13.8. The average molecular weight is 345 g/mol. The second-order valence-corrected chi connectivity index (χ2v) is 9.34. The monoisotopic (exact) mass is 344 g/mol. The molecule has 0 radical (unpaired) electrons. The van der Waals surface area contributed by atoms with Crippen molar-refractivity contribution in [2.45, 2.75) is 79.3 Å². The van der Waals surface area contributed by atoms with Crippen molar-refractivity contribution in [1.82, 2.24) is 8.61 Å². The molecule has 4 nitrogen and oxygen atoms in total. The Morgan fingerprint density at radius 1 is 0.826 bits per heavy atom. The van der Waals surface area contributed by atoms with E-state index >= 15 is 0 Å². The van der Waals surface area contributed by atoms with E-state index in [1.807, 2.05) is 12.2 Å². The van der Waals surface area contributed by atoms with Crippen molar-refractivity contribution in [1.29, 1.82) is 0 Å². The standard InChI is InChI=1S/C18H36N2O2S/c1-7-17(13-15(3)4)19-11-9-10-12-20(23(19,21)22)18(8-2)14-16(5)6/h9-10,15-18H,7-8,11-14H2,1-6H3. The van der Waals surface area contributed by atoms with Crippen LogP contribution in [-0.2, 0) is 10.2 Å². The molecular weight excluding hydrogens is 308 g/mol. The topological polar surface area (TPSA) is 40.6 Å². The first-order valence-corrected chi connectivity index (χ1v) is 10.6. The smallest absolute Gasteiger partial charge is 0.195 e. The lowest BCUT2D eigenvalue weighted by Gasteiger charge is -2.37. The van der Waals surface area contributed by atoms with E-state index in [0.29, 0.717) is 24.9 Å². The third-order valence-corrected chi connectivity index (χ3v) is 6.65. The summed E-state index contributed by atoms with van der Waals surface area (Å²) in [4.78, 5) is 0. The highest BCUT2D eigenvalue weighted by Gasteiger charge is 2.37. The molecule has 0 aromatic carbocycles. The minimum Gasteiger partial charge on any atom is -0.195 e. The highest BCUT2D eigenvalue weighted by atomic mass is 32.2. The molecule has 1 heterocycles. The maximum absolute atomic E-state index is 13.3. The van der Waals surface area contributed by atoms with Gasteiger partial charge in [0.05, 0.1) is 0 Å². The molecular formula is C18H36N2O2S. The second-order valence-electron chi connectivity index (χ2n) is 7.50. The van der Waals surface area contributed by atoms with Crippen molar-refractivity contribution < 1.29 is 8.42 Å². The Labute approximate surface area is 144 Å². The minimum absolute atomic E-state index is 0.0850. The summed E-state index contributed by atoms with van der Waals surface area (Å²) in [6, 6.07) is 0.170. The Bertz CT molecular complexity index is 435. The SMILES string of the molecule is CCC(CC(C)C)N1CC=CCN(C(CC)CC(C)C)S1(=O)=O. The highest BCUT2D eigenvalue weighted by Crippen LogP contribution is 2.26. The van der Waals surface area contributed by atoms with E-state index in [1.54, 1.807) is 8.61 Å². The zero-order valence-electron chi connectivity index (χ0n) is 15.8. The van der Waals surface area contributed by atoms with E-state index < -0.39 is 10.2 Å². The molecule has 0 saturated heterocycles.